The molecule has 1 amide bonds. The summed E-state index contributed by atoms with van der Waals surface area (Å²) in [7, 11) is 0. The van der Waals surface area contributed by atoms with Gasteiger partial charge in [-0.05, 0) is 38.3 Å². The summed E-state index contributed by atoms with van der Waals surface area (Å²) in [5.41, 5.74) is 2.96. The highest BCUT2D eigenvalue weighted by molar-refractivity contribution is 6.11. The highest BCUT2D eigenvalue weighted by Gasteiger charge is 2.17. The number of phenolic OH excluding ortho intramolecular Hbond substituents is 2. The molecule has 3 rings (SSSR count). The van der Waals surface area contributed by atoms with Crippen molar-refractivity contribution in [3.05, 3.63) is 89.2 Å². The normalized spacial score (nSPS) is 13.4. The van der Waals surface area contributed by atoms with Crippen LogP contribution in [0.15, 0.2) is 88.3 Å². The number of aromatic hydroxyl groups is 2. The van der Waals surface area contributed by atoms with Gasteiger partial charge >= 0.3 is 0 Å². The van der Waals surface area contributed by atoms with E-state index >= 15 is 0 Å². The number of benzene rings is 2. The van der Waals surface area contributed by atoms with Crippen LogP contribution in [0.4, 0.5) is 5.69 Å². The van der Waals surface area contributed by atoms with Gasteiger partial charge < -0.3 is 15.5 Å². The van der Waals surface area contributed by atoms with Crippen molar-refractivity contribution < 1.29 is 19.8 Å². The summed E-state index contributed by atoms with van der Waals surface area (Å²) in [6, 6.07) is 11.0. The fourth-order valence-electron chi connectivity index (χ4n) is 3.14. The third kappa shape index (κ3) is 5.78. The molecule has 0 atom stereocenters. The third-order valence-corrected chi connectivity index (χ3v) is 4.99. The number of carbonyl (C=O) groups is 2. The van der Waals surface area contributed by atoms with Crippen LogP contribution in [0, 0.1) is 0 Å². The van der Waals surface area contributed by atoms with Crippen LogP contribution in [0.2, 0.25) is 0 Å². The minimum atomic E-state index is -0.372. The molecule has 7 nitrogen and oxygen atoms in total. The number of ketones is 1. The van der Waals surface area contributed by atoms with Gasteiger partial charge in [-0.2, -0.15) is 5.11 Å². The van der Waals surface area contributed by atoms with E-state index in [2.05, 4.69) is 22.1 Å². The lowest BCUT2D eigenvalue weighted by atomic mass is 10.00. The number of hydrogen-bond acceptors (Lipinski definition) is 6. The SMILES string of the molecule is C=C(C)C(=O)NCCC1=CC=C(/N=N/c2cc(C(=O)c3ccccc3)c(O)cc2O)CC1. The highest BCUT2D eigenvalue weighted by Crippen LogP contribution is 2.35. The maximum absolute atomic E-state index is 12.7. The van der Waals surface area contributed by atoms with Crippen LogP contribution in [0.25, 0.3) is 0 Å². The second kappa shape index (κ2) is 10.3. The standard InChI is InChI=1S/C25H25N3O4/c1-16(2)25(32)26-13-12-17-8-10-19(11-9-17)27-28-21-14-20(22(29)15-23(21)30)24(31)18-6-4-3-5-7-18/h3-8,10,14-15,29-30H,1,9,11-13H2,2H3,(H,26,32)/b28-27+. The fraction of sp³-hybridized carbons (Fsp3) is 0.200. The Balaban J connectivity index is 1.69. The molecule has 1 aliphatic carbocycles. The van der Waals surface area contributed by atoms with E-state index in [0.717, 1.165) is 24.6 Å². The Kier molecular flexibility index (Phi) is 7.33. The summed E-state index contributed by atoms with van der Waals surface area (Å²) >= 11 is 0. The minimum Gasteiger partial charge on any atom is -0.507 e. The number of hydrogen-bond donors (Lipinski definition) is 3. The number of nitrogens with zero attached hydrogens (tertiary/aromatic N) is 2. The first-order valence-corrected chi connectivity index (χ1v) is 10.2. The van der Waals surface area contributed by atoms with Crippen molar-refractivity contribution in [1.82, 2.24) is 5.32 Å². The lowest BCUT2D eigenvalue weighted by Crippen LogP contribution is -2.25. The van der Waals surface area contributed by atoms with Gasteiger partial charge in [-0.15, -0.1) is 5.11 Å². The molecule has 164 valence electrons. The zero-order chi connectivity index (χ0) is 23.1. The van der Waals surface area contributed by atoms with E-state index in [4.69, 9.17) is 0 Å². The molecule has 7 heteroatoms. The van der Waals surface area contributed by atoms with Gasteiger partial charge in [0.25, 0.3) is 0 Å². The van der Waals surface area contributed by atoms with Gasteiger partial charge in [0.15, 0.2) is 5.78 Å². The molecule has 2 aromatic carbocycles. The molecule has 0 aromatic heterocycles. The maximum Gasteiger partial charge on any atom is 0.246 e. The van der Waals surface area contributed by atoms with Gasteiger partial charge in [0.2, 0.25) is 5.91 Å². The lowest BCUT2D eigenvalue weighted by molar-refractivity contribution is -0.117. The largest absolute Gasteiger partial charge is 0.507 e. The van der Waals surface area contributed by atoms with Crippen molar-refractivity contribution >= 4 is 17.4 Å². The summed E-state index contributed by atoms with van der Waals surface area (Å²) in [6.07, 6.45) is 5.98. The highest BCUT2D eigenvalue weighted by atomic mass is 16.3. The summed E-state index contributed by atoms with van der Waals surface area (Å²) in [4.78, 5) is 24.2. The van der Waals surface area contributed by atoms with Crippen molar-refractivity contribution in [2.45, 2.75) is 26.2 Å². The molecule has 0 spiro atoms. The van der Waals surface area contributed by atoms with Gasteiger partial charge in [0.05, 0.1) is 11.3 Å². The van der Waals surface area contributed by atoms with Crippen LogP contribution in [-0.2, 0) is 4.79 Å². The first-order valence-electron chi connectivity index (χ1n) is 10.2. The van der Waals surface area contributed by atoms with E-state index in [1.54, 1.807) is 37.3 Å². The Morgan fingerprint density at radius 1 is 1.03 bits per heavy atom. The summed E-state index contributed by atoms with van der Waals surface area (Å²) in [5.74, 6) is -1.11. The minimum absolute atomic E-state index is 0.0413. The van der Waals surface area contributed by atoms with Crippen LogP contribution in [0.3, 0.4) is 0 Å². The summed E-state index contributed by atoms with van der Waals surface area (Å²) < 4.78 is 0. The zero-order valence-corrected chi connectivity index (χ0v) is 17.8. The predicted octanol–water partition coefficient (Wildman–Crippen LogP) is 5.10. The predicted molar refractivity (Wildman–Crippen MR) is 122 cm³/mol. The summed E-state index contributed by atoms with van der Waals surface area (Å²) in [5, 5.41) is 31.3. The van der Waals surface area contributed by atoms with Gasteiger partial charge in [-0.1, -0.05) is 48.6 Å². The molecule has 0 heterocycles. The number of azo groups is 1. The van der Waals surface area contributed by atoms with E-state index in [1.807, 2.05) is 12.2 Å². The van der Waals surface area contributed by atoms with Crippen LogP contribution in [-0.4, -0.2) is 28.4 Å². The molecular weight excluding hydrogens is 406 g/mol. The van der Waals surface area contributed by atoms with E-state index in [9.17, 15) is 19.8 Å². The first kappa shape index (κ1) is 22.7. The van der Waals surface area contributed by atoms with Crippen molar-refractivity contribution in [3.63, 3.8) is 0 Å². The third-order valence-electron chi connectivity index (χ3n) is 4.99. The van der Waals surface area contributed by atoms with Gasteiger partial charge in [0.1, 0.15) is 17.2 Å². The number of allylic oxidation sites excluding steroid dienone is 3. The monoisotopic (exact) mass is 431 g/mol. The molecule has 2 aromatic rings. The van der Waals surface area contributed by atoms with Crippen molar-refractivity contribution in [3.8, 4) is 11.5 Å². The van der Waals surface area contributed by atoms with Crippen molar-refractivity contribution in [2.24, 2.45) is 10.2 Å². The van der Waals surface area contributed by atoms with E-state index < -0.39 is 0 Å². The number of carbonyl (C=O) groups excluding carboxylic acids is 2. The maximum atomic E-state index is 12.7. The average Bonchev–Trinajstić information content (AvgIpc) is 2.79. The Hall–Kier alpha value is -4.00. The molecule has 0 aliphatic heterocycles. The molecule has 0 saturated carbocycles. The molecule has 0 unspecified atom stereocenters. The van der Waals surface area contributed by atoms with Gasteiger partial charge in [-0.25, -0.2) is 0 Å². The van der Waals surface area contributed by atoms with Crippen molar-refractivity contribution in [2.75, 3.05) is 6.54 Å². The van der Waals surface area contributed by atoms with Gasteiger partial charge in [-0.3, -0.25) is 9.59 Å². The van der Waals surface area contributed by atoms with Crippen LogP contribution in [0.1, 0.15) is 42.1 Å². The smallest absolute Gasteiger partial charge is 0.246 e. The number of phenols is 2. The Labute approximate surface area is 186 Å². The van der Waals surface area contributed by atoms with Crippen LogP contribution >= 0.6 is 0 Å². The van der Waals surface area contributed by atoms with E-state index in [0.29, 0.717) is 24.1 Å². The Bertz CT molecular complexity index is 1130. The van der Waals surface area contributed by atoms with Crippen molar-refractivity contribution in [1.29, 1.82) is 0 Å². The number of amides is 1. The Morgan fingerprint density at radius 2 is 1.78 bits per heavy atom. The second-order valence-corrected chi connectivity index (χ2v) is 7.52. The zero-order valence-electron chi connectivity index (χ0n) is 17.8. The van der Waals surface area contributed by atoms with Crippen LogP contribution in [0.5, 0.6) is 11.5 Å². The fourth-order valence-corrected chi connectivity index (χ4v) is 3.14. The second-order valence-electron chi connectivity index (χ2n) is 7.52. The number of nitrogens with one attached hydrogen (secondary N) is 1. The van der Waals surface area contributed by atoms with E-state index in [1.165, 1.54) is 11.6 Å². The average molecular weight is 431 g/mol. The summed E-state index contributed by atoms with van der Waals surface area (Å²) in [6.45, 7) is 5.82. The lowest BCUT2D eigenvalue weighted by Gasteiger charge is -2.12. The quantitative estimate of drug-likeness (QED) is 0.307. The molecule has 3 N–H and O–H groups in total. The molecule has 0 radical (unpaired) electrons. The molecular formula is C25H25N3O4. The molecule has 0 fully saturated rings. The first-order chi connectivity index (χ1) is 15.3. The molecule has 0 bridgehead atoms. The Morgan fingerprint density at radius 3 is 2.44 bits per heavy atom. The van der Waals surface area contributed by atoms with Crippen LogP contribution < -0.4 is 5.32 Å². The molecule has 1 aliphatic rings. The molecule has 0 saturated heterocycles. The number of rotatable bonds is 8. The topological polar surface area (TPSA) is 111 Å². The van der Waals surface area contributed by atoms with E-state index in [-0.39, 0.29) is 34.4 Å². The molecule has 32 heavy (non-hydrogen) atoms. The van der Waals surface area contributed by atoms with Gasteiger partial charge in [0, 0.05) is 23.7 Å².